The first kappa shape index (κ1) is 9.04. The predicted octanol–water partition coefficient (Wildman–Crippen LogP) is 2.21. The van der Waals surface area contributed by atoms with Crippen LogP contribution in [0.5, 0.6) is 0 Å². The van der Waals surface area contributed by atoms with E-state index in [0.29, 0.717) is 0 Å². The van der Waals surface area contributed by atoms with Crippen molar-refractivity contribution < 1.29 is 9.53 Å². The van der Waals surface area contributed by atoms with Crippen molar-refractivity contribution in [3.8, 4) is 0 Å². The normalized spacial score (nSPS) is 23.1. The molecule has 0 N–H and O–H groups in total. The van der Waals surface area contributed by atoms with Gasteiger partial charge in [0, 0.05) is 18.9 Å². The fraction of sp³-hybridized carbons (Fsp3) is 0.500. The number of allylic oxidation sites excluding steroid dienone is 1. The number of hydrogen-bond donors (Lipinski definition) is 0. The molecule has 2 heteroatoms. The third-order valence-corrected chi connectivity index (χ3v) is 1.74. The highest BCUT2D eigenvalue weighted by Crippen LogP contribution is 2.11. The Morgan fingerprint density at radius 2 is 2.50 bits per heavy atom. The summed E-state index contributed by atoms with van der Waals surface area (Å²) >= 11 is 0. The lowest BCUT2D eigenvalue weighted by Crippen LogP contribution is -2.18. The van der Waals surface area contributed by atoms with Gasteiger partial charge in [0.25, 0.3) is 0 Å². The molecule has 0 aromatic rings. The molecule has 0 aromatic carbocycles. The molecular formula is C10H14O2. The molecule has 2 nitrogen and oxygen atoms in total. The van der Waals surface area contributed by atoms with E-state index in [2.05, 4.69) is 19.1 Å². The molecule has 0 saturated carbocycles. The van der Waals surface area contributed by atoms with Crippen LogP contribution < -0.4 is 0 Å². The number of cyclic esters (lactones) is 1. The van der Waals surface area contributed by atoms with E-state index in [1.807, 2.05) is 6.08 Å². The Balaban J connectivity index is 2.30. The molecule has 1 atom stereocenters. The minimum Gasteiger partial charge on any atom is -0.459 e. The maximum atomic E-state index is 10.8. The van der Waals surface area contributed by atoms with Crippen LogP contribution in [0.3, 0.4) is 0 Å². The van der Waals surface area contributed by atoms with E-state index in [-0.39, 0.29) is 12.1 Å². The summed E-state index contributed by atoms with van der Waals surface area (Å²) in [6, 6.07) is 0. The molecule has 0 amide bonds. The lowest BCUT2D eigenvalue weighted by Gasteiger charge is -2.16. The summed E-state index contributed by atoms with van der Waals surface area (Å²) in [6.07, 6.45) is 10.3. The molecule has 1 aliphatic heterocycles. The third kappa shape index (κ3) is 2.91. The molecule has 1 heterocycles. The van der Waals surface area contributed by atoms with Crippen molar-refractivity contribution in [2.45, 2.75) is 32.3 Å². The topological polar surface area (TPSA) is 26.3 Å². The van der Waals surface area contributed by atoms with Crippen molar-refractivity contribution in [3.05, 3.63) is 24.3 Å². The van der Waals surface area contributed by atoms with Gasteiger partial charge in [-0.15, -0.1) is 0 Å². The molecule has 0 bridgehead atoms. The van der Waals surface area contributed by atoms with Gasteiger partial charge in [-0.05, 0) is 6.42 Å². The van der Waals surface area contributed by atoms with Crippen molar-refractivity contribution in [2.24, 2.45) is 0 Å². The highest BCUT2D eigenvalue weighted by Gasteiger charge is 2.13. The fourth-order valence-electron chi connectivity index (χ4n) is 1.13. The molecule has 1 aliphatic rings. The molecule has 0 spiro atoms. The van der Waals surface area contributed by atoms with Gasteiger partial charge in [0.05, 0.1) is 0 Å². The second kappa shape index (κ2) is 4.75. The minimum atomic E-state index is -0.212. The predicted molar refractivity (Wildman–Crippen MR) is 47.7 cm³/mol. The summed E-state index contributed by atoms with van der Waals surface area (Å²) < 4.78 is 5.06. The quantitative estimate of drug-likeness (QED) is 0.474. The first-order valence-electron chi connectivity index (χ1n) is 4.35. The number of ether oxygens (including phenoxy) is 1. The lowest BCUT2D eigenvalue weighted by atomic mass is 10.1. The molecule has 12 heavy (non-hydrogen) atoms. The summed E-state index contributed by atoms with van der Waals surface area (Å²) in [7, 11) is 0. The van der Waals surface area contributed by atoms with E-state index >= 15 is 0 Å². The first-order valence-corrected chi connectivity index (χ1v) is 4.35. The van der Waals surface area contributed by atoms with E-state index in [1.54, 1.807) is 0 Å². The Morgan fingerprint density at radius 3 is 3.17 bits per heavy atom. The largest absolute Gasteiger partial charge is 0.459 e. The number of esters is 1. The highest BCUT2D eigenvalue weighted by atomic mass is 16.5. The molecule has 0 unspecified atom stereocenters. The second-order valence-corrected chi connectivity index (χ2v) is 2.81. The van der Waals surface area contributed by atoms with Crippen LogP contribution in [0.2, 0.25) is 0 Å². The molecule has 66 valence electrons. The molecule has 0 radical (unpaired) electrons. The van der Waals surface area contributed by atoms with Gasteiger partial charge in [0.15, 0.2) is 0 Å². The third-order valence-electron chi connectivity index (χ3n) is 1.74. The van der Waals surface area contributed by atoms with Gasteiger partial charge in [-0.3, -0.25) is 0 Å². The van der Waals surface area contributed by atoms with E-state index < -0.39 is 0 Å². The van der Waals surface area contributed by atoms with Gasteiger partial charge in [0.2, 0.25) is 0 Å². The summed E-state index contributed by atoms with van der Waals surface area (Å²) in [4.78, 5) is 10.8. The number of hydrogen-bond acceptors (Lipinski definition) is 2. The lowest BCUT2D eigenvalue weighted by molar-refractivity contribution is -0.143. The summed E-state index contributed by atoms with van der Waals surface area (Å²) in [5.74, 6) is -0.212. The maximum Gasteiger partial charge on any atom is 0.330 e. The Labute approximate surface area is 72.9 Å². The highest BCUT2D eigenvalue weighted by molar-refractivity contribution is 5.82. The van der Waals surface area contributed by atoms with Gasteiger partial charge in [-0.1, -0.05) is 25.2 Å². The zero-order valence-corrected chi connectivity index (χ0v) is 7.32. The van der Waals surface area contributed by atoms with Crippen molar-refractivity contribution in [1.82, 2.24) is 0 Å². The van der Waals surface area contributed by atoms with Crippen LogP contribution >= 0.6 is 0 Å². The van der Waals surface area contributed by atoms with E-state index in [0.717, 1.165) is 19.3 Å². The number of rotatable bonds is 3. The SMILES string of the molecule is CC/C=C/C[C@H]1CC=CC(=O)O1. The first-order chi connectivity index (χ1) is 5.83. The second-order valence-electron chi connectivity index (χ2n) is 2.81. The number of carbonyl (C=O) groups excluding carboxylic acids is 1. The standard InChI is InChI=1S/C10H14O2/c1-2-3-4-6-9-7-5-8-10(11)12-9/h3-5,8-9H,2,6-7H2,1H3/b4-3+/t9-/m0/s1. The van der Waals surface area contributed by atoms with Crippen LogP contribution in [0, 0.1) is 0 Å². The summed E-state index contributed by atoms with van der Waals surface area (Å²) in [5.41, 5.74) is 0. The van der Waals surface area contributed by atoms with Crippen molar-refractivity contribution >= 4 is 5.97 Å². The monoisotopic (exact) mass is 166 g/mol. The smallest absolute Gasteiger partial charge is 0.330 e. The molecule has 0 saturated heterocycles. The molecule has 0 aromatic heterocycles. The molecule has 0 fully saturated rings. The Bertz CT molecular complexity index is 204. The van der Waals surface area contributed by atoms with Gasteiger partial charge < -0.3 is 4.74 Å². The summed E-state index contributed by atoms with van der Waals surface area (Å²) in [6.45, 7) is 2.09. The van der Waals surface area contributed by atoms with Gasteiger partial charge in [-0.2, -0.15) is 0 Å². The van der Waals surface area contributed by atoms with Crippen LogP contribution in [-0.4, -0.2) is 12.1 Å². The van der Waals surface area contributed by atoms with Crippen LogP contribution in [0.4, 0.5) is 0 Å². The van der Waals surface area contributed by atoms with Crippen LogP contribution in [0.1, 0.15) is 26.2 Å². The minimum absolute atomic E-state index is 0.0605. The van der Waals surface area contributed by atoms with Crippen molar-refractivity contribution in [3.63, 3.8) is 0 Å². The Hall–Kier alpha value is -1.05. The van der Waals surface area contributed by atoms with Crippen molar-refractivity contribution in [1.29, 1.82) is 0 Å². The van der Waals surface area contributed by atoms with Crippen LogP contribution in [0.15, 0.2) is 24.3 Å². The van der Waals surface area contributed by atoms with Crippen LogP contribution in [0.25, 0.3) is 0 Å². The number of carbonyl (C=O) groups is 1. The molecule has 1 rings (SSSR count). The van der Waals surface area contributed by atoms with E-state index in [9.17, 15) is 4.79 Å². The van der Waals surface area contributed by atoms with Crippen LogP contribution in [-0.2, 0) is 9.53 Å². The fourth-order valence-corrected chi connectivity index (χ4v) is 1.13. The van der Waals surface area contributed by atoms with Gasteiger partial charge in [0.1, 0.15) is 6.10 Å². The van der Waals surface area contributed by atoms with E-state index in [1.165, 1.54) is 6.08 Å². The maximum absolute atomic E-state index is 10.8. The Kier molecular flexibility index (Phi) is 3.58. The van der Waals surface area contributed by atoms with Crippen molar-refractivity contribution in [2.75, 3.05) is 0 Å². The zero-order chi connectivity index (χ0) is 8.81. The van der Waals surface area contributed by atoms with Gasteiger partial charge >= 0.3 is 5.97 Å². The average Bonchev–Trinajstić information content (AvgIpc) is 2.05. The molecule has 0 aliphatic carbocycles. The van der Waals surface area contributed by atoms with Gasteiger partial charge in [-0.25, -0.2) is 4.79 Å². The average molecular weight is 166 g/mol. The zero-order valence-electron chi connectivity index (χ0n) is 7.32. The van der Waals surface area contributed by atoms with E-state index in [4.69, 9.17) is 4.74 Å². The summed E-state index contributed by atoms with van der Waals surface area (Å²) in [5, 5.41) is 0. The molecular weight excluding hydrogens is 152 g/mol. The Morgan fingerprint density at radius 1 is 1.67 bits per heavy atom.